The van der Waals surface area contributed by atoms with Gasteiger partial charge < -0.3 is 19.4 Å². The Balaban J connectivity index is 2.17. The number of nitrogens with one attached hydrogen (secondary N) is 1. The second-order valence-corrected chi connectivity index (χ2v) is 5.93. The molecule has 2 rings (SSSR count). The molecule has 1 aromatic heterocycles. The van der Waals surface area contributed by atoms with Crippen LogP contribution < -0.4 is 4.74 Å². The molecule has 0 saturated carbocycles. The van der Waals surface area contributed by atoms with Crippen LogP contribution >= 0.6 is 0 Å². The molecule has 26 heavy (non-hydrogen) atoms. The fraction of sp³-hybridized carbons (Fsp3) is 0.316. The van der Waals surface area contributed by atoms with Gasteiger partial charge in [-0.25, -0.2) is 4.79 Å². The highest BCUT2D eigenvalue weighted by Crippen LogP contribution is 2.20. The Morgan fingerprint density at radius 1 is 1.08 bits per heavy atom. The van der Waals surface area contributed by atoms with Crippen LogP contribution in [0.15, 0.2) is 24.3 Å². The molecule has 0 spiro atoms. The molecule has 1 heterocycles. The van der Waals surface area contributed by atoms with Gasteiger partial charge >= 0.3 is 5.97 Å². The summed E-state index contributed by atoms with van der Waals surface area (Å²) in [6.07, 6.45) is 0. The van der Waals surface area contributed by atoms with Gasteiger partial charge in [-0.05, 0) is 43.7 Å². The molecule has 0 aliphatic heterocycles. The van der Waals surface area contributed by atoms with Crippen LogP contribution in [0.25, 0.3) is 0 Å². The van der Waals surface area contributed by atoms with Gasteiger partial charge in [0, 0.05) is 23.9 Å². The number of H-pyrrole nitrogens is 1. The average molecular weight is 358 g/mol. The zero-order valence-electron chi connectivity index (χ0n) is 15.5. The first-order valence-corrected chi connectivity index (χ1v) is 8.00. The van der Waals surface area contributed by atoms with E-state index in [2.05, 4.69) is 4.98 Å². The Labute approximate surface area is 151 Å². The minimum absolute atomic E-state index is 0.106. The lowest BCUT2D eigenvalue weighted by atomic mass is 10.0. The zero-order valence-corrected chi connectivity index (χ0v) is 15.5. The van der Waals surface area contributed by atoms with Crippen molar-refractivity contribution in [2.45, 2.75) is 13.8 Å². The van der Waals surface area contributed by atoms with E-state index in [4.69, 9.17) is 9.47 Å². The van der Waals surface area contributed by atoms with Gasteiger partial charge in [0.15, 0.2) is 5.78 Å². The monoisotopic (exact) mass is 358 g/mol. The normalized spacial score (nSPS) is 10.3. The zero-order chi connectivity index (χ0) is 19.4. The molecule has 0 saturated heterocycles. The van der Waals surface area contributed by atoms with Gasteiger partial charge in [-0.15, -0.1) is 0 Å². The van der Waals surface area contributed by atoms with Gasteiger partial charge in [0.2, 0.25) is 0 Å². The van der Waals surface area contributed by atoms with Gasteiger partial charge in [0.25, 0.3) is 5.91 Å². The van der Waals surface area contributed by atoms with Crippen LogP contribution in [0.4, 0.5) is 0 Å². The smallest absolute Gasteiger partial charge is 0.354 e. The largest absolute Gasteiger partial charge is 0.497 e. The fourth-order valence-corrected chi connectivity index (χ4v) is 2.79. The van der Waals surface area contributed by atoms with Crippen molar-refractivity contribution >= 4 is 17.7 Å². The lowest BCUT2D eigenvalue weighted by molar-refractivity contribution is 0.0593. The van der Waals surface area contributed by atoms with Crippen LogP contribution in [0.1, 0.15) is 42.5 Å². The topological polar surface area (TPSA) is 88.7 Å². The van der Waals surface area contributed by atoms with Crippen molar-refractivity contribution in [1.82, 2.24) is 9.88 Å². The van der Waals surface area contributed by atoms with E-state index < -0.39 is 5.97 Å². The Kier molecular flexibility index (Phi) is 5.82. The van der Waals surface area contributed by atoms with Crippen molar-refractivity contribution in [3.05, 3.63) is 52.3 Å². The maximum Gasteiger partial charge on any atom is 0.354 e. The second kappa shape index (κ2) is 7.86. The average Bonchev–Trinajstić information content (AvgIpc) is 2.94. The second-order valence-electron chi connectivity index (χ2n) is 5.93. The van der Waals surface area contributed by atoms with Crippen molar-refractivity contribution in [3.63, 3.8) is 0 Å². The summed E-state index contributed by atoms with van der Waals surface area (Å²) in [6.45, 7) is 3.28. The van der Waals surface area contributed by atoms with E-state index in [1.807, 2.05) is 0 Å². The molecule has 0 bridgehead atoms. The quantitative estimate of drug-likeness (QED) is 0.633. The van der Waals surface area contributed by atoms with E-state index >= 15 is 0 Å². The van der Waals surface area contributed by atoms with E-state index in [1.54, 1.807) is 52.3 Å². The molecular formula is C19H22N2O5. The standard InChI is InChI=1S/C19H22N2O5/c1-11-16(12(2)20-17(11)19(24)26-5)15(22)10-21(3)18(23)13-6-8-14(25-4)9-7-13/h6-9,20H,10H2,1-5H3. The molecule has 0 aliphatic carbocycles. The van der Waals surface area contributed by atoms with Crippen molar-refractivity contribution in [1.29, 1.82) is 0 Å². The summed E-state index contributed by atoms with van der Waals surface area (Å²) in [6, 6.07) is 6.66. The molecule has 0 unspecified atom stereocenters. The molecule has 1 N–H and O–H groups in total. The number of aromatic amines is 1. The van der Waals surface area contributed by atoms with Gasteiger partial charge in [-0.1, -0.05) is 0 Å². The van der Waals surface area contributed by atoms with E-state index in [0.29, 0.717) is 28.1 Å². The third-order valence-electron chi connectivity index (χ3n) is 4.17. The molecule has 0 radical (unpaired) electrons. The van der Waals surface area contributed by atoms with Crippen LogP contribution in [-0.2, 0) is 4.74 Å². The molecule has 7 heteroatoms. The number of esters is 1. The van der Waals surface area contributed by atoms with E-state index in [9.17, 15) is 14.4 Å². The number of aryl methyl sites for hydroxylation is 1. The molecule has 0 aliphatic rings. The van der Waals surface area contributed by atoms with Gasteiger partial charge in [-0.2, -0.15) is 0 Å². The molecule has 1 amide bonds. The Morgan fingerprint density at radius 3 is 2.23 bits per heavy atom. The summed E-state index contributed by atoms with van der Waals surface area (Å²) < 4.78 is 9.77. The predicted molar refractivity (Wildman–Crippen MR) is 95.9 cm³/mol. The lowest BCUT2D eigenvalue weighted by Crippen LogP contribution is -2.32. The number of benzene rings is 1. The van der Waals surface area contributed by atoms with E-state index in [-0.39, 0.29) is 23.9 Å². The molecule has 0 fully saturated rings. The SMILES string of the molecule is COC(=O)c1[nH]c(C)c(C(=O)CN(C)C(=O)c2ccc(OC)cc2)c1C. The van der Waals surface area contributed by atoms with Crippen LogP contribution in [0.3, 0.4) is 0 Å². The number of hydrogen-bond acceptors (Lipinski definition) is 5. The number of ketones is 1. The van der Waals surface area contributed by atoms with Crippen LogP contribution in [-0.4, -0.2) is 55.4 Å². The molecule has 2 aromatic rings. The van der Waals surface area contributed by atoms with Gasteiger partial charge in [-0.3, -0.25) is 9.59 Å². The number of likely N-dealkylation sites (N-methyl/N-ethyl adjacent to an activating group) is 1. The summed E-state index contributed by atoms with van der Waals surface area (Å²) in [4.78, 5) is 41.1. The maximum atomic E-state index is 12.7. The molecule has 138 valence electrons. The first kappa shape index (κ1) is 19.2. The first-order chi connectivity index (χ1) is 12.3. The summed E-state index contributed by atoms with van der Waals surface area (Å²) in [5.41, 5.74) is 2.19. The molecular weight excluding hydrogens is 336 g/mol. The van der Waals surface area contributed by atoms with Crippen molar-refractivity contribution in [3.8, 4) is 5.75 Å². The first-order valence-electron chi connectivity index (χ1n) is 8.00. The lowest BCUT2D eigenvalue weighted by Gasteiger charge is -2.17. The number of amides is 1. The highest BCUT2D eigenvalue weighted by atomic mass is 16.5. The minimum atomic E-state index is -0.535. The number of hydrogen-bond donors (Lipinski definition) is 1. The molecule has 1 aromatic carbocycles. The molecule has 0 atom stereocenters. The summed E-state index contributed by atoms with van der Waals surface area (Å²) in [5, 5.41) is 0. The third kappa shape index (κ3) is 3.77. The van der Waals surface area contributed by atoms with Gasteiger partial charge in [0.05, 0.1) is 20.8 Å². The number of methoxy groups -OCH3 is 2. The highest BCUT2D eigenvalue weighted by Gasteiger charge is 2.24. The van der Waals surface area contributed by atoms with Crippen LogP contribution in [0, 0.1) is 13.8 Å². The summed E-state index contributed by atoms with van der Waals surface area (Å²) >= 11 is 0. The van der Waals surface area contributed by atoms with E-state index in [1.165, 1.54) is 12.0 Å². The molecule has 7 nitrogen and oxygen atoms in total. The van der Waals surface area contributed by atoms with Crippen molar-refractivity contribution in [2.75, 3.05) is 27.8 Å². The number of Topliss-reactive ketones (excluding diaryl/α,β-unsaturated/α-hetero) is 1. The fourth-order valence-electron chi connectivity index (χ4n) is 2.79. The third-order valence-corrected chi connectivity index (χ3v) is 4.17. The number of carbonyl (C=O) groups excluding carboxylic acids is 3. The number of ether oxygens (including phenoxy) is 2. The highest BCUT2D eigenvalue weighted by molar-refractivity contribution is 6.05. The number of aromatic nitrogens is 1. The maximum absolute atomic E-state index is 12.7. The number of rotatable bonds is 6. The minimum Gasteiger partial charge on any atom is -0.497 e. The number of carbonyl (C=O) groups is 3. The Bertz CT molecular complexity index is 836. The predicted octanol–water partition coefficient (Wildman–Crippen LogP) is 2.38. The van der Waals surface area contributed by atoms with Crippen LogP contribution in [0.5, 0.6) is 5.75 Å². The van der Waals surface area contributed by atoms with Crippen LogP contribution in [0.2, 0.25) is 0 Å². The number of nitrogens with zero attached hydrogens (tertiary/aromatic N) is 1. The summed E-state index contributed by atoms with van der Waals surface area (Å²) in [7, 11) is 4.38. The van der Waals surface area contributed by atoms with Crippen molar-refractivity contribution in [2.24, 2.45) is 0 Å². The Hall–Kier alpha value is -3.09. The van der Waals surface area contributed by atoms with Crippen molar-refractivity contribution < 1.29 is 23.9 Å². The van der Waals surface area contributed by atoms with Gasteiger partial charge in [0.1, 0.15) is 11.4 Å². The summed E-state index contributed by atoms with van der Waals surface area (Å²) in [5.74, 6) is -0.419. The van der Waals surface area contributed by atoms with E-state index in [0.717, 1.165) is 0 Å². The Morgan fingerprint density at radius 2 is 1.69 bits per heavy atom.